The molecular weight excluding hydrogens is 304 g/mol. The number of thioether (sulfide) groups is 1. The van der Waals surface area contributed by atoms with Crippen LogP contribution in [-0.2, 0) is 0 Å². The van der Waals surface area contributed by atoms with E-state index in [4.69, 9.17) is 0 Å². The van der Waals surface area contributed by atoms with Crippen LogP contribution in [-0.4, -0.2) is 40.2 Å². The van der Waals surface area contributed by atoms with Crippen molar-refractivity contribution in [2.24, 2.45) is 0 Å². The summed E-state index contributed by atoms with van der Waals surface area (Å²) in [6.45, 7) is 3.85. The molecule has 1 N–H and O–H groups in total. The smallest absolute Gasteiger partial charge is 0.339 e. The van der Waals surface area contributed by atoms with E-state index in [2.05, 4.69) is 32.7 Å². The summed E-state index contributed by atoms with van der Waals surface area (Å²) in [5, 5.41) is 9.70. The summed E-state index contributed by atoms with van der Waals surface area (Å²) in [7, 11) is 0. The third kappa shape index (κ3) is 2.93. The van der Waals surface area contributed by atoms with Crippen molar-refractivity contribution in [3.05, 3.63) is 22.3 Å². The zero-order valence-corrected chi connectivity index (χ0v) is 11.8. The van der Waals surface area contributed by atoms with E-state index in [1.54, 1.807) is 12.3 Å². The van der Waals surface area contributed by atoms with Crippen LogP contribution in [0.2, 0.25) is 0 Å². The minimum Gasteiger partial charge on any atom is -0.478 e. The third-order valence-corrected chi connectivity index (χ3v) is 4.17. The lowest BCUT2D eigenvalue weighted by Crippen LogP contribution is -2.38. The van der Waals surface area contributed by atoms with Gasteiger partial charge in [-0.05, 0) is 22.0 Å². The first-order valence-electron chi connectivity index (χ1n) is 5.33. The lowest BCUT2D eigenvalue weighted by Gasteiger charge is -2.32. The molecule has 4 nitrogen and oxygen atoms in total. The lowest BCUT2D eigenvalue weighted by atomic mass is 10.2. The normalized spacial score (nSPS) is 20.4. The molecule has 2 heterocycles. The highest BCUT2D eigenvalue weighted by Crippen LogP contribution is 2.26. The standard InChI is InChI=1S/C11H13BrN2O2S/c1-7-6-14(2-3-17-7)10-9(11(15)16)4-8(12)5-13-10/h4-5,7H,2-3,6H2,1H3,(H,15,16). The molecule has 1 unspecified atom stereocenters. The number of pyridine rings is 1. The summed E-state index contributed by atoms with van der Waals surface area (Å²) < 4.78 is 0.693. The van der Waals surface area contributed by atoms with Crippen molar-refractivity contribution in [3.8, 4) is 0 Å². The fraction of sp³-hybridized carbons (Fsp3) is 0.455. The number of carboxylic acids is 1. The number of rotatable bonds is 2. The summed E-state index contributed by atoms with van der Waals surface area (Å²) in [6, 6.07) is 1.61. The summed E-state index contributed by atoms with van der Waals surface area (Å²) >= 11 is 5.16. The van der Waals surface area contributed by atoms with Gasteiger partial charge in [0, 0.05) is 34.8 Å². The van der Waals surface area contributed by atoms with Gasteiger partial charge in [0.25, 0.3) is 0 Å². The first-order valence-corrected chi connectivity index (χ1v) is 7.17. The third-order valence-electron chi connectivity index (χ3n) is 2.60. The highest BCUT2D eigenvalue weighted by atomic mass is 79.9. The number of carboxylic acid groups (broad SMARTS) is 1. The van der Waals surface area contributed by atoms with Gasteiger partial charge in [0.1, 0.15) is 11.4 Å². The molecule has 0 saturated carbocycles. The second-order valence-electron chi connectivity index (χ2n) is 3.96. The van der Waals surface area contributed by atoms with E-state index in [9.17, 15) is 9.90 Å². The van der Waals surface area contributed by atoms with Crippen LogP contribution >= 0.6 is 27.7 Å². The van der Waals surface area contributed by atoms with Crippen LogP contribution in [0.4, 0.5) is 5.82 Å². The molecule has 1 aromatic heterocycles. The van der Waals surface area contributed by atoms with Crippen LogP contribution in [0.1, 0.15) is 17.3 Å². The number of aromatic nitrogens is 1. The number of halogens is 1. The first kappa shape index (κ1) is 12.7. The molecule has 6 heteroatoms. The predicted octanol–water partition coefficient (Wildman–Crippen LogP) is 2.48. The van der Waals surface area contributed by atoms with Crippen LogP contribution in [0.3, 0.4) is 0 Å². The van der Waals surface area contributed by atoms with Gasteiger partial charge in [0.2, 0.25) is 0 Å². The van der Waals surface area contributed by atoms with Gasteiger partial charge in [-0.3, -0.25) is 0 Å². The summed E-state index contributed by atoms with van der Waals surface area (Å²) in [4.78, 5) is 17.5. The van der Waals surface area contributed by atoms with Gasteiger partial charge in [-0.1, -0.05) is 6.92 Å². The summed E-state index contributed by atoms with van der Waals surface area (Å²) in [6.07, 6.45) is 1.65. The Bertz CT molecular complexity index is 441. The van der Waals surface area contributed by atoms with E-state index in [0.29, 0.717) is 15.5 Å². The monoisotopic (exact) mass is 316 g/mol. The highest BCUT2D eigenvalue weighted by molar-refractivity contribution is 9.10. The van der Waals surface area contributed by atoms with Gasteiger partial charge >= 0.3 is 5.97 Å². The van der Waals surface area contributed by atoms with Crippen LogP contribution in [0.15, 0.2) is 16.7 Å². The quantitative estimate of drug-likeness (QED) is 0.908. The Labute approximate surface area is 113 Å². The Morgan fingerprint density at radius 2 is 2.47 bits per heavy atom. The average Bonchev–Trinajstić information content (AvgIpc) is 2.28. The zero-order valence-electron chi connectivity index (χ0n) is 9.39. The second-order valence-corrected chi connectivity index (χ2v) is 6.42. The van der Waals surface area contributed by atoms with Crippen LogP contribution in [0.5, 0.6) is 0 Å². The van der Waals surface area contributed by atoms with Crippen LogP contribution in [0, 0.1) is 0 Å². The predicted molar refractivity (Wildman–Crippen MR) is 73.0 cm³/mol. The number of hydrogen-bond acceptors (Lipinski definition) is 4. The molecule has 2 rings (SSSR count). The fourth-order valence-electron chi connectivity index (χ4n) is 1.85. The average molecular weight is 317 g/mol. The molecule has 0 amide bonds. The second kappa shape index (κ2) is 5.27. The molecule has 1 atom stereocenters. The van der Waals surface area contributed by atoms with Crippen molar-refractivity contribution in [1.29, 1.82) is 0 Å². The van der Waals surface area contributed by atoms with E-state index < -0.39 is 5.97 Å². The zero-order chi connectivity index (χ0) is 12.4. The number of aromatic carboxylic acids is 1. The Kier molecular flexibility index (Phi) is 3.93. The minimum atomic E-state index is -0.931. The van der Waals surface area contributed by atoms with Crippen molar-refractivity contribution in [1.82, 2.24) is 4.98 Å². The Morgan fingerprint density at radius 1 is 1.71 bits per heavy atom. The van der Waals surface area contributed by atoms with E-state index in [1.165, 1.54) is 0 Å². The molecule has 1 aromatic rings. The molecule has 92 valence electrons. The Hall–Kier alpha value is -0.750. The van der Waals surface area contributed by atoms with Gasteiger partial charge in [0.15, 0.2) is 0 Å². The highest BCUT2D eigenvalue weighted by Gasteiger charge is 2.22. The fourth-order valence-corrected chi connectivity index (χ4v) is 3.20. The maximum Gasteiger partial charge on any atom is 0.339 e. The van der Waals surface area contributed by atoms with Gasteiger partial charge in [-0.15, -0.1) is 0 Å². The van der Waals surface area contributed by atoms with Gasteiger partial charge in [-0.2, -0.15) is 11.8 Å². The maximum absolute atomic E-state index is 11.2. The van der Waals surface area contributed by atoms with Gasteiger partial charge in [0.05, 0.1) is 0 Å². The number of anilines is 1. The molecule has 0 bridgehead atoms. The van der Waals surface area contributed by atoms with Crippen LogP contribution in [0.25, 0.3) is 0 Å². The van der Waals surface area contributed by atoms with E-state index in [-0.39, 0.29) is 5.56 Å². The molecular formula is C11H13BrN2O2S. The van der Waals surface area contributed by atoms with Gasteiger partial charge < -0.3 is 10.0 Å². The molecule has 1 aliphatic heterocycles. The molecule has 0 radical (unpaired) electrons. The van der Waals surface area contributed by atoms with Crippen LogP contribution < -0.4 is 4.90 Å². The van der Waals surface area contributed by atoms with Crippen molar-refractivity contribution in [2.45, 2.75) is 12.2 Å². The number of carbonyl (C=O) groups is 1. The Morgan fingerprint density at radius 3 is 3.12 bits per heavy atom. The van der Waals surface area contributed by atoms with Gasteiger partial charge in [-0.25, -0.2) is 9.78 Å². The maximum atomic E-state index is 11.2. The molecule has 1 fully saturated rings. The Balaban J connectivity index is 2.33. The topological polar surface area (TPSA) is 53.4 Å². The largest absolute Gasteiger partial charge is 0.478 e. The molecule has 0 spiro atoms. The molecule has 1 aliphatic rings. The van der Waals surface area contributed by atoms with Crippen molar-refractivity contribution >= 4 is 39.5 Å². The summed E-state index contributed by atoms with van der Waals surface area (Å²) in [5.41, 5.74) is 0.262. The van der Waals surface area contributed by atoms with Crippen molar-refractivity contribution in [3.63, 3.8) is 0 Å². The lowest BCUT2D eigenvalue weighted by molar-refractivity contribution is 0.0697. The molecule has 0 aromatic carbocycles. The summed E-state index contributed by atoms with van der Waals surface area (Å²) in [5.74, 6) is 0.658. The first-order chi connectivity index (χ1) is 8.08. The van der Waals surface area contributed by atoms with E-state index in [0.717, 1.165) is 18.8 Å². The van der Waals surface area contributed by atoms with Crippen molar-refractivity contribution in [2.75, 3.05) is 23.7 Å². The number of nitrogens with zero attached hydrogens (tertiary/aromatic N) is 2. The SMILES string of the molecule is CC1CN(c2ncc(Br)cc2C(=O)O)CCS1. The van der Waals surface area contributed by atoms with E-state index in [1.807, 2.05) is 11.8 Å². The van der Waals surface area contributed by atoms with E-state index >= 15 is 0 Å². The molecule has 17 heavy (non-hydrogen) atoms. The molecule has 0 aliphatic carbocycles. The molecule has 1 saturated heterocycles. The minimum absolute atomic E-state index is 0.262. The van der Waals surface area contributed by atoms with Crippen molar-refractivity contribution < 1.29 is 9.90 Å². The number of hydrogen-bond donors (Lipinski definition) is 1.